The Hall–Kier alpha value is -2.86. The zero-order valence-electron chi connectivity index (χ0n) is 12.2. The Bertz CT molecular complexity index is 819. The van der Waals surface area contributed by atoms with Crippen molar-refractivity contribution in [3.63, 3.8) is 0 Å². The van der Waals surface area contributed by atoms with Crippen LogP contribution in [-0.2, 0) is 9.53 Å². The van der Waals surface area contributed by atoms with Crippen LogP contribution in [0.4, 0.5) is 0 Å². The Morgan fingerprint density at radius 1 is 1.26 bits per heavy atom. The number of carbonyl (C=O) groups is 1. The van der Waals surface area contributed by atoms with Crippen molar-refractivity contribution in [2.45, 2.75) is 0 Å². The standard InChI is InChI=1S/C17H13NO4S/c1-21-15-9-12(2-4-14(15)19)8-13-17(20)22-16(18-13)5-3-11-6-7-23-10-11/h2-10,19H,1H3/b5-3+,13-8?. The summed E-state index contributed by atoms with van der Waals surface area (Å²) < 4.78 is 10.1. The molecule has 0 unspecified atom stereocenters. The number of carbonyl (C=O) groups excluding carboxylic acids is 1. The number of phenols is 1. The molecule has 0 atom stereocenters. The maximum atomic E-state index is 11.9. The molecule has 0 fully saturated rings. The highest BCUT2D eigenvalue weighted by molar-refractivity contribution is 7.08. The van der Waals surface area contributed by atoms with Gasteiger partial charge in [0.25, 0.3) is 0 Å². The number of ether oxygens (including phenoxy) is 2. The summed E-state index contributed by atoms with van der Waals surface area (Å²) in [6, 6.07) is 6.72. The SMILES string of the molecule is COc1cc(C=C2N=C(/C=C/c3ccsc3)OC2=O)ccc1O. The van der Waals surface area contributed by atoms with Crippen LogP contribution in [-0.4, -0.2) is 24.1 Å². The molecule has 1 aliphatic heterocycles. The highest BCUT2D eigenvalue weighted by Gasteiger charge is 2.21. The van der Waals surface area contributed by atoms with Crippen LogP contribution < -0.4 is 4.74 Å². The van der Waals surface area contributed by atoms with E-state index in [1.54, 1.807) is 35.6 Å². The predicted molar refractivity (Wildman–Crippen MR) is 89.5 cm³/mol. The van der Waals surface area contributed by atoms with Crippen molar-refractivity contribution in [2.75, 3.05) is 7.11 Å². The average Bonchev–Trinajstić information content (AvgIpc) is 3.17. The van der Waals surface area contributed by atoms with Crippen molar-refractivity contribution in [3.05, 3.63) is 57.9 Å². The fraction of sp³-hybridized carbons (Fsp3) is 0.0588. The van der Waals surface area contributed by atoms with Gasteiger partial charge >= 0.3 is 5.97 Å². The number of hydrogen-bond acceptors (Lipinski definition) is 6. The lowest BCUT2D eigenvalue weighted by atomic mass is 10.1. The van der Waals surface area contributed by atoms with Crippen LogP contribution in [0.5, 0.6) is 11.5 Å². The van der Waals surface area contributed by atoms with Gasteiger partial charge in [-0.25, -0.2) is 9.79 Å². The molecule has 1 N–H and O–H groups in total. The third-order valence-electron chi connectivity index (χ3n) is 3.11. The van der Waals surface area contributed by atoms with E-state index < -0.39 is 5.97 Å². The van der Waals surface area contributed by atoms with Crippen molar-refractivity contribution >= 4 is 35.4 Å². The molecule has 0 saturated heterocycles. The largest absolute Gasteiger partial charge is 0.504 e. The van der Waals surface area contributed by atoms with E-state index in [0.29, 0.717) is 11.3 Å². The van der Waals surface area contributed by atoms with E-state index in [9.17, 15) is 9.90 Å². The van der Waals surface area contributed by atoms with Crippen molar-refractivity contribution in [1.82, 2.24) is 0 Å². The van der Waals surface area contributed by atoms with E-state index in [-0.39, 0.29) is 17.3 Å². The van der Waals surface area contributed by atoms with Crippen LogP contribution in [0.25, 0.3) is 12.2 Å². The number of methoxy groups -OCH3 is 1. The summed E-state index contributed by atoms with van der Waals surface area (Å²) in [6.07, 6.45) is 5.06. The van der Waals surface area contributed by atoms with Crippen molar-refractivity contribution in [3.8, 4) is 11.5 Å². The number of cyclic esters (lactones) is 1. The van der Waals surface area contributed by atoms with Gasteiger partial charge in [-0.1, -0.05) is 6.07 Å². The number of aromatic hydroxyl groups is 1. The molecule has 1 aromatic heterocycles. The maximum Gasteiger partial charge on any atom is 0.363 e. The first-order chi connectivity index (χ1) is 11.2. The van der Waals surface area contributed by atoms with E-state index >= 15 is 0 Å². The molecule has 2 aromatic rings. The van der Waals surface area contributed by atoms with Crippen LogP contribution in [0, 0.1) is 0 Å². The normalized spacial score (nSPS) is 16.0. The summed E-state index contributed by atoms with van der Waals surface area (Å²) in [6.45, 7) is 0. The molecule has 6 heteroatoms. The third kappa shape index (κ3) is 3.49. The fourth-order valence-corrected chi connectivity index (χ4v) is 2.60. The molecule has 1 aromatic carbocycles. The Balaban J connectivity index is 1.83. The van der Waals surface area contributed by atoms with Gasteiger partial charge in [0.05, 0.1) is 7.11 Å². The zero-order chi connectivity index (χ0) is 16.2. The highest BCUT2D eigenvalue weighted by atomic mass is 32.1. The Morgan fingerprint density at radius 2 is 2.13 bits per heavy atom. The molecule has 5 nitrogen and oxygen atoms in total. The molecular weight excluding hydrogens is 314 g/mol. The van der Waals surface area contributed by atoms with Gasteiger partial charge in [0.15, 0.2) is 17.2 Å². The number of nitrogens with zero attached hydrogens (tertiary/aromatic N) is 1. The van der Waals surface area contributed by atoms with Crippen LogP contribution in [0.15, 0.2) is 51.8 Å². The molecular formula is C17H13NO4S. The second-order valence-electron chi connectivity index (χ2n) is 4.69. The van der Waals surface area contributed by atoms with Gasteiger partial charge in [-0.3, -0.25) is 0 Å². The Labute approximate surface area is 136 Å². The van der Waals surface area contributed by atoms with Crippen LogP contribution in [0.3, 0.4) is 0 Å². The molecule has 2 heterocycles. The van der Waals surface area contributed by atoms with E-state index in [1.807, 2.05) is 22.9 Å². The number of rotatable bonds is 4. The summed E-state index contributed by atoms with van der Waals surface area (Å²) in [7, 11) is 1.46. The number of phenolic OH excluding ortho intramolecular Hbond substituents is 1. The number of hydrogen-bond donors (Lipinski definition) is 1. The first kappa shape index (κ1) is 15.1. The minimum Gasteiger partial charge on any atom is -0.504 e. The quantitative estimate of drug-likeness (QED) is 0.689. The lowest BCUT2D eigenvalue weighted by molar-refractivity contribution is -0.129. The lowest BCUT2D eigenvalue weighted by Gasteiger charge is -2.03. The van der Waals surface area contributed by atoms with Gasteiger partial charge in [-0.2, -0.15) is 11.3 Å². The van der Waals surface area contributed by atoms with Gasteiger partial charge in [0.2, 0.25) is 5.90 Å². The molecule has 1 aliphatic rings. The van der Waals surface area contributed by atoms with E-state index in [1.165, 1.54) is 13.2 Å². The van der Waals surface area contributed by atoms with Crippen LogP contribution in [0.1, 0.15) is 11.1 Å². The van der Waals surface area contributed by atoms with E-state index in [4.69, 9.17) is 9.47 Å². The first-order valence-corrected chi connectivity index (χ1v) is 7.70. The van der Waals surface area contributed by atoms with E-state index in [0.717, 1.165) is 5.56 Å². The number of esters is 1. The Morgan fingerprint density at radius 3 is 2.87 bits per heavy atom. The summed E-state index contributed by atoms with van der Waals surface area (Å²) in [5, 5.41) is 13.5. The predicted octanol–water partition coefficient (Wildman–Crippen LogP) is 3.47. The van der Waals surface area contributed by atoms with Gasteiger partial charge < -0.3 is 14.6 Å². The maximum absolute atomic E-state index is 11.9. The monoisotopic (exact) mass is 327 g/mol. The summed E-state index contributed by atoms with van der Waals surface area (Å²) in [5.41, 5.74) is 1.90. The van der Waals surface area contributed by atoms with Gasteiger partial charge in [0, 0.05) is 6.08 Å². The molecule has 116 valence electrons. The fourth-order valence-electron chi connectivity index (χ4n) is 1.98. The summed E-state index contributed by atoms with van der Waals surface area (Å²) in [4.78, 5) is 16.0. The minimum atomic E-state index is -0.512. The third-order valence-corrected chi connectivity index (χ3v) is 3.81. The first-order valence-electron chi connectivity index (χ1n) is 6.75. The molecule has 0 bridgehead atoms. The van der Waals surface area contributed by atoms with Crippen molar-refractivity contribution in [1.29, 1.82) is 0 Å². The molecule has 0 spiro atoms. The summed E-state index contributed by atoms with van der Waals surface area (Å²) in [5.74, 6) is 0.0963. The number of aliphatic imine (C=N–C) groups is 1. The van der Waals surface area contributed by atoms with Gasteiger partial charge in [-0.15, -0.1) is 0 Å². The molecule has 3 rings (SSSR count). The van der Waals surface area contributed by atoms with Crippen LogP contribution in [0.2, 0.25) is 0 Å². The smallest absolute Gasteiger partial charge is 0.363 e. The van der Waals surface area contributed by atoms with Crippen molar-refractivity contribution < 1.29 is 19.4 Å². The van der Waals surface area contributed by atoms with Crippen LogP contribution >= 0.6 is 11.3 Å². The lowest BCUT2D eigenvalue weighted by Crippen LogP contribution is -2.01. The van der Waals surface area contributed by atoms with Gasteiger partial charge in [0.1, 0.15) is 0 Å². The average molecular weight is 327 g/mol. The second-order valence-corrected chi connectivity index (χ2v) is 5.47. The Kier molecular flexibility index (Phi) is 4.25. The topological polar surface area (TPSA) is 68.1 Å². The molecule has 23 heavy (non-hydrogen) atoms. The molecule has 0 aliphatic carbocycles. The highest BCUT2D eigenvalue weighted by Crippen LogP contribution is 2.28. The molecule has 0 amide bonds. The minimum absolute atomic E-state index is 0.0338. The van der Waals surface area contributed by atoms with Gasteiger partial charge in [-0.05, 0) is 52.2 Å². The second kappa shape index (κ2) is 6.50. The number of benzene rings is 1. The zero-order valence-corrected chi connectivity index (χ0v) is 13.0. The summed E-state index contributed by atoms with van der Waals surface area (Å²) >= 11 is 1.59. The van der Waals surface area contributed by atoms with E-state index in [2.05, 4.69) is 4.99 Å². The van der Waals surface area contributed by atoms with Crippen molar-refractivity contribution in [2.24, 2.45) is 4.99 Å². The number of thiophene rings is 1. The molecule has 0 saturated carbocycles. The molecule has 0 radical (unpaired) electrons.